The van der Waals surface area contributed by atoms with Crippen molar-refractivity contribution >= 4 is 17.5 Å². The van der Waals surface area contributed by atoms with E-state index >= 15 is 0 Å². The Morgan fingerprint density at radius 2 is 2.22 bits per heavy atom. The first-order valence-corrected chi connectivity index (χ1v) is 8.33. The van der Waals surface area contributed by atoms with Crippen LogP contribution in [0.1, 0.15) is 31.1 Å². The minimum absolute atomic E-state index is 0.0328. The SMILES string of the molecule is COc1cc(C(=O)N2CCNC[C@@H]2C)cc(Cl)c1OCC(C)C. The van der Waals surface area contributed by atoms with Gasteiger partial charge in [0.15, 0.2) is 11.5 Å². The summed E-state index contributed by atoms with van der Waals surface area (Å²) in [5.41, 5.74) is 0.525. The van der Waals surface area contributed by atoms with Crippen molar-refractivity contribution in [3.05, 3.63) is 22.7 Å². The Balaban J connectivity index is 2.26. The summed E-state index contributed by atoms with van der Waals surface area (Å²) in [5, 5.41) is 3.68. The minimum Gasteiger partial charge on any atom is -0.493 e. The average molecular weight is 341 g/mol. The van der Waals surface area contributed by atoms with Crippen LogP contribution in [0.25, 0.3) is 0 Å². The van der Waals surface area contributed by atoms with Gasteiger partial charge in [0.25, 0.3) is 5.91 Å². The van der Waals surface area contributed by atoms with E-state index in [1.807, 2.05) is 11.8 Å². The molecule has 1 aliphatic heterocycles. The molecule has 0 aliphatic carbocycles. The van der Waals surface area contributed by atoms with Crippen LogP contribution in [-0.4, -0.2) is 50.2 Å². The van der Waals surface area contributed by atoms with Gasteiger partial charge in [0.05, 0.1) is 18.7 Å². The molecule has 6 heteroatoms. The van der Waals surface area contributed by atoms with Crippen LogP contribution in [0.2, 0.25) is 5.02 Å². The molecule has 0 bridgehead atoms. The maximum Gasteiger partial charge on any atom is 0.254 e. The Hall–Kier alpha value is -1.46. The van der Waals surface area contributed by atoms with Gasteiger partial charge in [-0.1, -0.05) is 25.4 Å². The number of methoxy groups -OCH3 is 1. The lowest BCUT2D eigenvalue weighted by atomic mass is 10.1. The molecule has 0 aromatic heterocycles. The average Bonchev–Trinajstić information content (AvgIpc) is 2.52. The molecule has 1 amide bonds. The van der Waals surface area contributed by atoms with Crippen molar-refractivity contribution in [2.24, 2.45) is 5.92 Å². The lowest BCUT2D eigenvalue weighted by Gasteiger charge is -2.34. The van der Waals surface area contributed by atoms with Crippen LogP contribution in [-0.2, 0) is 0 Å². The summed E-state index contributed by atoms with van der Waals surface area (Å²) in [4.78, 5) is 14.6. The van der Waals surface area contributed by atoms with E-state index < -0.39 is 0 Å². The summed E-state index contributed by atoms with van der Waals surface area (Å²) in [5.74, 6) is 1.32. The summed E-state index contributed by atoms with van der Waals surface area (Å²) >= 11 is 6.33. The van der Waals surface area contributed by atoms with Gasteiger partial charge in [0, 0.05) is 31.2 Å². The number of benzene rings is 1. The number of halogens is 1. The van der Waals surface area contributed by atoms with E-state index in [1.54, 1.807) is 19.2 Å². The van der Waals surface area contributed by atoms with Crippen LogP contribution >= 0.6 is 11.6 Å². The van der Waals surface area contributed by atoms with Crippen molar-refractivity contribution in [1.29, 1.82) is 0 Å². The van der Waals surface area contributed by atoms with Gasteiger partial charge in [-0.25, -0.2) is 0 Å². The first kappa shape index (κ1) is 17.9. The third-order valence-electron chi connectivity index (χ3n) is 3.80. The van der Waals surface area contributed by atoms with E-state index in [0.717, 1.165) is 13.1 Å². The third-order valence-corrected chi connectivity index (χ3v) is 4.08. The van der Waals surface area contributed by atoms with Gasteiger partial charge >= 0.3 is 0 Å². The second-order valence-corrected chi connectivity index (χ2v) is 6.65. The molecule has 0 unspecified atom stereocenters. The van der Waals surface area contributed by atoms with Crippen molar-refractivity contribution in [1.82, 2.24) is 10.2 Å². The van der Waals surface area contributed by atoms with E-state index in [4.69, 9.17) is 21.1 Å². The normalized spacial score (nSPS) is 18.2. The Morgan fingerprint density at radius 1 is 1.48 bits per heavy atom. The second-order valence-electron chi connectivity index (χ2n) is 6.25. The molecule has 0 saturated carbocycles. The summed E-state index contributed by atoms with van der Waals surface area (Å²) in [6, 6.07) is 3.52. The number of hydrogen-bond acceptors (Lipinski definition) is 4. The molecular formula is C17H25ClN2O3. The molecule has 128 valence electrons. The monoisotopic (exact) mass is 340 g/mol. The van der Waals surface area contributed by atoms with Gasteiger partial charge in [-0.3, -0.25) is 4.79 Å². The number of rotatable bonds is 5. The summed E-state index contributed by atoms with van der Waals surface area (Å²) < 4.78 is 11.1. The smallest absolute Gasteiger partial charge is 0.254 e. The van der Waals surface area contributed by atoms with Gasteiger partial charge in [-0.15, -0.1) is 0 Å². The minimum atomic E-state index is -0.0328. The van der Waals surface area contributed by atoms with Crippen LogP contribution in [0.4, 0.5) is 0 Å². The maximum absolute atomic E-state index is 12.8. The number of carbonyl (C=O) groups is 1. The maximum atomic E-state index is 12.8. The Morgan fingerprint density at radius 3 is 2.83 bits per heavy atom. The highest BCUT2D eigenvalue weighted by Crippen LogP contribution is 2.37. The van der Waals surface area contributed by atoms with E-state index in [1.165, 1.54) is 0 Å². The van der Waals surface area contributed by atoms with E-state index in [0.29, 0.717) is 41.2 Å². The van der Waals surface area contributed by atoms with Crippen molar-refractivity contribution < 1.29 is 14.3 Å². The topological polar surface area (TPSA) is 50.8 Å². The molecule has 0 spiro atoms. The molecule has 23 heavy (non-hydrogen) atoms. The highest BCUT2D eigenvalue weighted by molar-refractivity contribution is 6.32. The number of ether oxygens (including phenoxy) is 2. The standard InChI is InChI=1S/C17H25ClN2O3/c1-11(2)10-23-16-14(18)7-13(8-15(16)22-4)17(21)20-6-5-19-9-12(20)3/h7-8,11-12,19H,5-6,9-10H2,1-4H3/t12-/m0/s1. The lowest BCUT2D eigenvalue weighted by Crippen LogP contribution is -2.52. The molecule has 1 N–H and O–H groups in total. The molecule has 2 rings (SSSR count). The number of nitrogens with one attached hydrogen (secondary N) is 1. The van der Waals surface area contributed by atoms with E-state index in [2.05, 4.69) is 19.2 Å². The fourth-order valence-corrected chi connectivity index (χ4v) is 2.81. The van der Waals surface area contributed by atoms with Gasteiger partial charge in [0.2, 0.25) is 0 Å². The van der Waals surface area contributed by atoms with Crippen molar-refractivity contribution in [3.63, 3.8) is 0 Å². The largest absolute Gasteiger partial charge is 0.493 e. The third kappa shape index (κ3) is 4.30. The number of hydrogen-bond donors (Lipinski definition) is 1. The van der Waals surface area contributed by atoms with Crippen LogP contribution < -0.4 is 14.8 Å². The Bertz CT molecular complexity index is 563. The fourth-order valence-electron chi connectivity index (χ4n) is 2.54. The summed E-state index contributed by atoms with van der Waals surface area (Å²) in [6.45, 7) is 8.98. The van der Waals surface area contributed by atoms with Gasteiger partial charge in [-0.2, -0.15) is 0 Å². The first-order chi connectivity index (χ1) is 10.9. The molecule has 5 nitrogen and oxygen atoms in total. The zero-order chi connectivity index (χ0) is 17.0. The van der Waals surface area contributed by atoms with Crippen molar-refractivity contribution in [3.8, 4) is 11.5 Å². The number of carbonyl (C=O) groups excluding carboxylic acids is 1. The summed E-state index contributed by atoms with van der Waals surface area (Å²) in [7, 11) is 1.55. The molecule has 1 saturated heterocycles. The van der Waals surface area contributed by atoms with E-state index in [9.17, 15) is 4.79 Å². The Kier molecular flexibility index (Phi) is 6.13. The molecule has 1 fully saturated rings. The fraction of sp³-hybridized carbons (Fsp3) is 0.588. The van der Waals surface area contributed by atoms with Crippen LogP contribution in [0, 0.1) is 5.92 Å². The Labute approximate surface area is 142 Å². The van der Waals surface area contributed by atoms with Crippen LogP contribution in [0.5, 0.6) is 11.5 Å². The van der Waals surface area contributed by atoms with Crippen LogP contribution in [0.3, 0.4) is 0 Å². The molecule has 1 aromatic rings. The lowest BCUT2D eigenvalue weighted by molar-refractivity contribution is 0.0655. The number of piperazine rings is 1. The highest BCUT2D eigenvalue weighted by Gasteiger charge is 2.26. The zero-order valence-electron chi connectivity index (χ0n) is 14.2. The predicted octanol–water partition coefficient (Wildman–Crippen LogP) is 2.82. The molecular weight excluding hydrogens is 316 g/mol. The molecule has 1 heterocycles. The first-order valence-electron chi connectivity index (χ1n) is 7.96. The van der Waals surface area contributed by atoms with Crippen molar-refractivity contribution in [2.45, 2.75) is 26.8 Å². The quantitative estimate of drug-likeness (QED) is 0.895. The molecule has 1 aromatic carbocycles. The molecule has 1 aliphatic rings. The summed E-state index contributed by atoms with van der Waals surface area (Å²) in [6.07, 6.45) is 0. The molecule has 1 atom stereocenters. The molecule has 0 radical (unpaired) electrons. The van der Waals surface area contributed by atoms with Crippen molar-refractivity contribution in [2.75, 3.05) is 33.4 Å². The number of nitrogens with zero attached hydrogens (tertiary/aromatic N) is 1. The van der Waals surface area contributed by atoms with Gasteiger partial charge in [-0.05, 0) is 25.0 Å². The highest BCUT2D eigenvalue weighted by atomic mass is 35.5. The zero-order valence-corrected chi connectivity index (χ0v) is 14.9. The van der Waals surface area contributed by atoms with Crippen LogP contribution in [0.15, 0.2) is 12.1 Å². The van der Waals surface area contributed by atoms with Gasteiger partial charge < -0.3 is 19.7 Å². The van der Waals surface area contributed by atoms with Gasteiger partial charge in [0.1, 0.15) is 0 Å². The predicted molar refractivity (Wildman–Crippen MR) is 91.7 cm³/mol. The second kappa shape index (κ2) is 7.88. The van der Waals surface area contributed by atoms with E-state index in [-0.39, 0.29) is 11.9 Å². The number of amides is 1.